The van der Waals surface area contributed by atoms with Gasteiger partial charge in [0.25, 0.3) is 11.5 Å². The number of nitrogens with zero attached hydrogens (tertiary/aromatic N) is 2. The summed E-state index contributed by atoms with van der Waals surface area (Å²) in [5, 5.41) is 6.63. The zero-order valence-electron chi connectivity index (χ0n) is 13.6. The number of carbonyl (C=O) groups excluding carboxylic acids is 1. The Kier molecular flexibility index (Phi) is 5.78. The van der Waals surface area contributed by atoms with Crippen LogP contribution < -0.4 is 10.9 Å². The first-order valence-electron chi connectivity index (χ1n) is 7.76. The molecule has 0 fully saturated rings. The molecule has 1 aromatic heterocycles. The average Bonchev–Trinajstić information content (AvgIpc) is 2.53. The van der Waals surface area contributed by atoms with Gasteiger partial charge in [-0.2, -0.15) is 5.10 Å². The third-order valence-corrected chi connectivity index (χ3v) is 3.60. The number of aromatic nitrogens is 2. The number of amides is 1. The van der Waals surface area contributed by atoms with Gasteiger partial charge in [0.2, 0.25) is 0 Å². The summed E-state index contributed by atoms with van der Waals surface area (Å²) < 4.78 is 27.9. The molecule has 24 heavy (non-hydrogen) atoms. The standard InChI is InChI=1S/C17H19F2N3O2/c1-3-4-9-22-16(23)8-7-15(21-22)17(24)20-11(2)13-6-5-12(18)10-14(13)19/h5-8,10-11H,3-4,9H2,1-2H3,(H,20,24). The fraction of sp³-hybridized carbons (Fsp3) is 0.353. The van der Waals surface area contributed by atoms with E-state index in [0.717, 1.165) is 25.0 Å². The predicted octanol–water partition coefficient (Wildman–Crippen LogP) is 2.81. The summed E-state index contributed by atoms with van der Waals surface area (Å²) in [6.45, 7) is 4.00. The van der Waals surface area contributed by atoms with E-state index in [4.69, 9.17) is 0 Å². The van der Waals surface area contributed by atoms with Gasteiger partial charge in [0.1, 0.15) is 17.3 Å². The van der Waals surface area contributed by atoms with Crippen LogP contribution in [0.1, 0.15) is 48.8 Å². The highest BCUT2D eigenvalue weighted by atomic mass is 19.1. The van der Waals surface area contributed by atoms with Crippen molar-refractivity contribution in [1.29, 1.82) is 0 Å². The topological polar surface area (TPSA) is 64.0 Å². The second-order valence-electron chi connectivity index (χ2n) is 5.49. The summed E-state index contributed by atoms with van der Waals surface area (Å²) >= 11 is 0. The lowest BCUT2D eigenvalue weighted by molar-refractivity contribution is 0.0931. The highest BCUT2D eigenvalue weighted by molar-refractivity contribution is 5.92. The van der Waals surface area contributed by atoms with Crippen LogP contribution in [0.4, 0.5) is 8.78 Å². The Labute approximate surface area is 138 Å². The van der Waals surface area contributed by atoms with Crippen LogP contribution in [0, 0.1) is 11.6 Å². The van der Waals surface area contributed by atoms with Crippen molar-refractivity contribution in [2.45, 2.75) is 39.3 Å². The zero-order valence-corrected chi connectivity index (χ0v) is 13.6. The molecule has 0 saturated carbocycles. The number of hydrogen-bond acceptors (Lipinski definition) is 3. The largest absolute Gasteiger partial charge is 0.344 e. The predicted molar refractivity (Wildman–Crippen MR) is 85.6 cm³/mol. The minimum atomic E-state index is -0.733. The van der Waals surface area contributed by atoms with Gasteiger partial charge in [-0.1, -0.05) is 19.4 Å². The summed E-state index contributed by atoms with van der Waals surface area (Å²) in [5.74, 6) is -1.94. The molecule has 0 bridgehead atoms. The van der Waals surface area contributed by atoms with Crippen LogP contribution in [-0.2, 0) is 6.54 Å². The third kappa shape index (κ3) is 4.24. The van der Waals surface area contributed by atoms with Crippen molar-refractivity contribution in [3.05, 3.63) is 63.6 Å². The summed E-state index contributed by atoms with van der Waals surface area (Å²) in [5.41, 5.74) is -0.0400. The molecule has 7 heteroatoms. The van der Waals surface area contributed by atoms with Gasteiger partial charge in [-0.25, -0.2) is 13.5 Å². The highest BCUT2D eigenvalue weighted by Gasteiger charge is 2.17. The molecular weight excluding hydrogens is 316 g/mol. The van der Waals surface area contributed by atoms with Crippen molar-refractivity contribution in [3.63, 3.8) is 0 Å². The van der Waals surface area contributed by atoms with Gasteiger partial charge < -0.3 is 5.32 Å². The van der Waals surface area contributed by atoms with Crippen LogP contribution in [0.2, 0.25) is 0 Å². The van der Waals surface area contributed by atoms with E-state index in [-0.39, 0.29) is 16.8 Å². The zero-order chi connectivity index (χ0) is 17.7. The van der Waals surface area contributed by atoms with Gasteiger partial charge in [0, 0.05) is 24.2 Å². The van der Waals surface area contributed by atoms with E-state index >= 15 is 0 Å². The second kappa shape index (κ2) is 7.81. The molecule has 1 amide bonds. The van der Waals surface area contributed by atoms with E-state index in [1.54, 1.807) is 6.92 Å². The Morgan fingerprint density at radius 3 is 2.71 bits per heavy atom. The van der Waals surface area contributed by atoms with Crippen molar-refractivity contribution in [2.24, 2.45) is 0 Å². The Bertz CT molecular complexity index is 790. The molecule has 2 rings (SSSR count). The van der Waals surface area contributed by atoms with E-state index in [9.17, 15) is 18.4 Å². The Hall–Kier alpha value is -2.57. The molecule has 1 N–H and O–H groups in total. The Balaban J connectivity index is 2.15. The lowest BCUT2D eigenvalue weighted by atomic mass is 10.1. The molecule has 1 aromatic carbocycles. The molecule has 5 nitrogen and oxygen atoms in total. The van der Waals surface area contributed by atoms with Crippen molar-refractivity contribution < 1.29 is 13.6 Å². The van der Waals surface area contributed by atoms with Gasteiger partial charge in [0.15, 0.2) is 0 Å². The normalized spacial score (nSPS) is 12.0. The molecule has 128 valence electrons. The number of aryl methyl sites for hydroxylation is 1. The van der Waals surface area contributed by atoms with Gasteiger partial charge in [-0.15, -0.1) is 0 Å². The van der Waals surface area contributed by atoms with Crippen LogP contribution >= 0.6 is 0 Å². The van der Waals surface area contributed by atoms with E-state index in [1.807, 2.05) is 6.92 Å². The molecule has 0 radical (unpaired) electrons. The number of carbonyl (C=O) groups is 1. The third-order valence-electron chi connectivity index (χ3n) is 3.60. The van der Waals surface area contributed by atoms with Crippen LogP contribution in [0.3, 0.4) is 0 Å². The van der Waals surface area contributed by atoms with Crippen molar-refractivity contribution in [3.8, 4) is 0 Å². The van der Waals surface area contributed by atoms with E-state index in [1.165, 1.54) is 22.9 Å². The summed E-state index contributed by atoms with van der Waals surface area (Å²) in [4.78, 5) is 24.0. The lowest BCUT2D eigenvalue weighted by Crippen LogP contribution is -2.31. The first-order valence-corrected chi connectivity index (χ1v) is 7.76. The van der Waals surface area contributed by atoms with Gasteiger partial charge in [-0.3, -0.25) is 9.59 Å². The smallest absolute Gasteiger partial charge is 0.272 e. The molecule has 1 unspecified atom stereocenters. The molecular formula is C17H19F2N3O2. The van der Waals surface area contributed by atoms with Crippen LogP contribution in [-0.4, -0.2) is 15.7 Å². The molecule has 1 atom stereocenters. The van der Waals surface area contributed by atoms with Crippen molar-refractivity contribution in [1.82, 2.24) is 15.1 Å². The molecule has 0 spiro atoms. The summed E-state index contributed by atoms with van der Waals surface area (Å²) in [6.07, 6.45) is 1.67. The monoisotopic (exact) mass is 335 g/mol. The Morgan fingerprint density at radius 2 is 2.04 bits per heavy atom. The van der Waals surface area contributed by atoms with E-state index in [2.05, 4.69) is 10.4 Å². The average molecular weight is 335 g/mol. The SMILES string of the molecule is CCCCn1nc(C(=O)NC(C)c2ccc(F)cc2F)ccc1=O. The number of nitrogens with one attached hydrogen (secondary N) is 1. The van der Waals surface area contributed by atoms with Crippen molar-refractivity contribution >= 4 is 5.91 Å². The minimum Gasteiger partial charge on any atom is -0.344 e. The van der Waals surface area contributed by atoms with Crippen molar-refractivity contribution in [2.75, 3.05) is 0 Å². The fourth-order valence-electron chi connectivity index (χ4n) is 2.24. The number of benzene rings is 1. The molecule has 0 aliphatic rings. The first kappa shape index (κ1) is 17.8. The lowest BCUT2D eigenvalue weighted by Gasteiger charge is -2.15. The minimum absolute atomic E-state index is 0.0695. The molecule has 0 saturated heterocycles. The molecule has 2 aromatic rings. The van der Waals surface area contributed by atoms with Crippen LogP contribution in [0.5, 0.6) is 0 Å². The Morgan fingerprint density at radius 1 is 1.29 bits per heavy atom. The van der Waals surface area contributed by atoms with E-state index in [0.29, 0.717) is 6.54 Å². The maximum atomic E-state index is 13.8. The highest BCUT2D eigenvalue weighted by Crippen LogP contribution is 2.18. The second-order valence-corrected chi connectivity index (χ2v) is 5.49. The van der Waals surface area contributed by atoms with Gasteiger partial charge >= 0.3 is 0 Å². The first-order chi connectivity index (χ1) is 11.4. The summed E-state index contributed by atoms with van der Waals surface area (Å²) in [6, 6.07) is 5.11. The number of hydrogen-bond donors (Lipinski definition) is 1. The van der Waals surface area contributed by atoms with Gasteiger partial charge in [0.05, 0.1) is 6.04 Å². The van der Waals surface area contributed by atoms with Crippen LogP contribution in [0.25, 0.3) is 0 Å². The van der Waals surface area contributed by atoms with Gasteiger partial charge in [-0.05, 0) is 25.5 Å². The number of rotatable bonds is 6. The summed E-state index contributed by atoms with van der Waals surface area (Å²) in [7, 11) is 0. The van der Waals surface area contributed by atoms with E-state index < -0.39 is 23.6 Å². The quantitative estimate of drug-likeness (QED) is 0.883. The molecule has 0 aliphatic heterocycles. The maximum absolute atomic E-state index is 13.8. The molecule has 1 heterocycles. The number of halogens is 2. The molecule has 0 aliphatic carbocycles. The fourth-order valence-corrected chi connectivity index (χ4v) is 2.24. The maximum Gasteiger partial charge on any atom is 0.272 e. The van der Waals surface area contributed by atoms with Crippen LogP contribution in [0.15, 0.2) is 35.1 Å². The number of unbranched alkanes of at least 4 members (excludes halogenated alkanes) is 1.